The standard InChI is InChI=1S/C20H24N3OS2.HI/c1-23(11-6-3-7-12-23)13-15-26-20-21-18-17(10-14-25-18)19(24)22(20)16-8-4-2-5-9-16;/h2,4-5,8-10,14H,3,6-7,11-13,15H2,1H3;1H/q+1;/p-1. The summed E-state index contributed by atoms with van der Waals surface area (Å²) in [6.45, 7) is 3.66. The molecule has 2 aromatic heterocycles. The third-order valence-corrected chi connectivity index (χ3v) is 6.96. The van der Waals surface area contributed by atoms with Crippen molar-refractivity contribution in [1.29, 1.82) is 0 Å². The van der Waals surface area contributed by atoms with Gasteiger partial charge in [-0.3, -0.25) is 9.36 Å². The Morgan fingerprint density at radius 2 is 1.89 bits per heavy atom. The molecule has 0 atom stereocenters. The highest BCUT2D eigenvalue weighted by atomic mass is 127. The molecule has 27 heavy (non-hydrogen) atoms. The lowest BCUT2D eigenvalue weighted by molar-refractivity contribution is -0.911. The van der Waals surface area contributed by atoms with Gasteiger partial charge in [-0.2, -0.15) is 0 Å². The summed E-state index contributed by atoms with van der Waals surface area (Å²) in [6.07, 6.45) is 4.02. The first kappa shape index (κ1) is 20.8. The molecule has 0 aliphatic carbocycles. The SMILES string of the molecule is C[N+]1(CCSc2nc3sccc3c(=O)n2-c2ccccc2)CCCCC1.[I-]. The summed E-state index contributed by atoms with van der Waals surface area (Å²) in [5.74, 6) is 0.979. The van der Waals surface area contributed by atoms with Crippen LogP contribution in [-0.2, 0) is 0 Å². The van der Waals surface area contributed by atoms with Crippen LogP contribution in [0.1, 0.15) is 19.3 Å². The number of fused-ring (bicyclic) bond motifs is 1. The Bertz CT molecular complexity index is 949. The first-order chi connectivity index (χ1) is 12.7. The van der Waals surface area contributed by atoms with E-state index in [0.717, 1.165) is 32.5 Å². The van der Waals surface area contributed by atoms with Crippen LogP contribution in [0.3, 0.4) is 0 Å². The van der Waals surface area contributed by atoms with E-state index in [1.807, 2.05) is 41.8 Å². The van der Waals surface area contributed by atoms with E-state index in [-0.39, 0.29) is 29.5 Å². The van der Waals surface area contributed by atoms with Crippen molar-refractivity contribution in [1.82, 2.24) is 9.55 Å². The molecule has 0 bridgehead atoms. The van der Waals surface area contributed by atoms with Crippen LogP contribution in [0.4, 0.5) is 0 Å². The van der Waals surface area contributed by atoms with Crippen LogP contribution in [0.25, 0.3) is 15.9 Å². The molecule has 4 nitrogen and oxygen atoms in total. The molecule has 0 spiro atoms. The molecule has 0 saturated carbocycles. The number of thiophene rings is 1. The number of benzene rings is 1. The van der Waals surface area contributed by atoms with Crippen molar-refractivity contribution < 1.29 is 28.5 Å². The third-order valence-electron chi connectivity index (χ3n) is 5.24. The summed E-state index contributed by atoms with van der Waals surface area (Å²) in [5, 5.41) is 3.46. The number of aromatic nitrogens is 2. The maximum absolute atomic E-state index is 13.1. The van der Waals surface area contributed by atoms with Gasteiger partial charge in [0.15, 0.2) is 5.16 Å². The molecule has 3 heterocycles. The molecule has 4 rings (SSSR count). The quantitative estimate of drug-likeness (QED) is 0.223. The number of hydrogen-bond donors (Lipinski definition) is 0. The lowest BCUT2D eigenvalue weighted by Crippen LogP contribution is -3.00. The van der Waals surface area contributed by atoms with Crippen LogP contribution in [0.2, 0.25) is 0 Å². The summed E-state index contributed by atoms with van der Waals surface area (Å²) in [7, 11) is 2.36. The van der Waals surface area contributed by atoms with E-state index < -0.39 is 0 Å². The summed E-state index contributed by atoms with van der Waals surface area (Å²) in [4.78, 5) is 18.7. The largest absolute Gasteiger partial charge is 1.00 e. The van der Waals surface area contributed by atoms with Crippen molar-refractivity contribution in [3.8, 4) is 5.69 Å². The fourth-order valence-electron chi connectivity index (χ4n) is 3.65. The van der Waals surface area contributed by atoms with Gasteiger partial charge in [0, 0.05) is 0 Å². The van der Waals surface area contributed by atoms with Gasteiger partial charge in [-0.25, -0.2) is 4.98 Å². The zero-order valence-electron chi connectivity index (χ0n) is 15.4. The second kappa shape index (κ2) is 9.07. The molecule has 0 unspecified atom stereocenters. The number of piperidine rings is 1. The van der Waals surface area contributed by atoms with Gasteiger partial charge in [0.1, 0.15) is 4.83 Å². The van der Waals surface area contributed by atoms with Crippen LogP contribution in [0.5, 0.6) is 0 Å². The Labute approximate surface area is 185 Å². The Morgan fingerprint density at radius 3 is 2.63 bits per heavy atom. The van der Waals surface area contributed by atoms with E-state index in [1.54, 1.807) is 16.3 Å². The van der Waals surface area contributed by atoms with Crippen molar-refractivity contribution in [2.75, 3.05) is 32.4 Å². The highest BCUT2D eigenvalue weighted by Gasteiger charge is 2.24. The molecule has 0 amide bonds. The Kier molecular flexibility index (Phi) is 6.99. The summed E-state index contributed by atoms with van der Waals surface area (Å²) >= 11 is 3.25. The molecule has 1 aliphatic heterocycles. The number of nitrogens with zero attached hydrogens (tertiary/aromatic N) is 3. The maximum Gasteiger partial charge on any atom is 0.267 e. The Morgan fingerprint density at radius 1 is 1.15 bits per heavy atom. The zero-order chi connectivity index (χ0) is 18.0. The van der Waals surface area contributed by atoms with Crippen molar-refractivity contribution in [3.63, 3.8) is 0 Å². The third kappa shape index (κ3) is 4.58. The van der Waals surface area contributed by atoms with Crippen LogP contribution in [-0.4, -0.2) is 46.5 Å². The van der Waals surface area contributed by atoms with Crippen molar-refractivity contribution >= 4 is 33.3 Å². The number of likely N-dealkylation sites (tertiary alicyclic amines) is 1. The van der Waals surface area contributed by atoms with E-state index >= 15 is 0 Å². The van der Waals surface area contributed by atoms with Crippen molar-refractivity contribution in [2.24, 2.45) is 0 Å². The lowest BCUT2D eigenvalue weighted by atomic mass is 10.1. The van der Waals surface area contributed by atoms with Gasteiger partial charge < -0.3 is 28.5 Å². The van der Waals surface area contributed by atoms with Crippen molar-refractivity contribution in [2.45, 2.75) is 24.4 Å². The average molecular weight is 513 g/mol. The van der Waals surface area contributed by atoms with E-state index in [1.165, 1.54) is 43.7 Å². The van der Waals surface area contributed by atoms with Gasteiger partial charge in [0.2, 0.25) is 0 Å². The maximum atomic E-state index is 13.1. The molecule has 0 radical (unpaired) electrons. The fraction of sp³-hybridized carbons (Fsp3) is 0.400. The average Bonchev–Trinajstić information content (AvgIpc) is 3.12. The second-order valence-corrected chi connectivity index (χ2v) is 9.17. The van der Waals surface area contributed by atoms with Gasteiger partial charge >= 0.3 is 0 Å². The van der Waals surface area contributed by atoms with Crippen molar-refractivity contribution in [3.05, 3.63) is 52.1 Å². The highest BCUT2D eigenvalue weighted by molar-refractivity contribution is 7.99. The molecule has 1 fully saturated rings. The molecule has 1 aliphatic rings. The fourth-order valence-corrected chi connectivity index (χ4v) is 5.65. The zero-order valence-corrected chi connectivity index (χ0v) is 19.2. The number of para-hydroxylation sites is 1. The van der Waals surface area contributed by atoms with E-state index in [9.17, 15) is 4.79 Å². The van der Waals surface area contributed by atoms with Crippen LogP contribution >= 0.6 is 23.1 Å². The molecule has 144 valence electrons. The minimum Gasteiger partial charge on any atom is -1.00 e. The normalized spacial score (nSPS) is 16.2. The number of rotatable bonds is 5. The number of hydrogen-bond acceptors (Lipinski definition) is 4. The minimum atomic E-state index is 0. The highest BCUT2D eigenvalue weighted by Crippen LogP contribution is 2.25. The van der Waals surface area contributed by atoms with E-state index in [0.29, 0.717) is 5.39 Å². The molecule has 0 N–H and O–H groups in total. The molecular weight excluding hydrogens is 489 g/mol. The molecule has 7 heteroatoms. The smallest absolute Gasteiger partial charge is 0.267 e. The summed E-state index contributed by atoms with van der Waals surface area (Å²) in [5.41, 5.74) is 0.919. The van der Waals surface area contributed by atoms with Gasteiger partial charge in [0.25, 0.3) is 5.56 Å². The van der Waals surface area contributed by atoms with Crippen LogP contribution < -0.4 is 29.5 Å². The topological polar surface area (TPSA) is 34.9 Å². The van der Waals surface area contributed by atoms with E-state index in [4.69, 9.17) is 4.98 Å². The molecular formula is C20H24IN3OS2. The molecule has 3 aromatic rings. The number of quaternary nitrogens is 1. The first-order valence-corrected chi connectivity index (χ1v) is 11.0. The number of halogens is 1. The lowest BCUT2D eigenvalue weighted by Gasteiger charge is -2.37. The second-order valence-electron chi connectivity index (χ2n) is 7.21. The minimum absolute atomic E-state index is 0. The van der Waals surface area contributed by atoms with Gasteiger partial charge in [0.05, 0.1) is 43.5 Å². The van der Waals surface area contributed by atoms with Gasteiger partial charge in [-0.05, 0) is 42.8 Å². The summed E-state index contributed by atoms with van der Waals surface area (Å²) < 4.78 is 2.92. The Balaban J connectivity index is 0.00000210. The van der Waals surface area contributed by atoms with Crippen LogP contribution in [0.15, 0.2) is 51.7 Å². The molecule has 1 aromatic carbocycles. The monoisotopic (exact) mass is 513 g/mol. The van der Waals surface area contributed by atoms with Gasteiger partial charge in [-0.1, -0.05) is 30.0 Å². The van der Waals surface area contributed by atoms with Gasteiger partial charge in [-0.15, -0.1) is 11.3 Å². The molecule has 1 saturated heterocycles. The summed E-state index contributed by atoms with van der Waals surface area (Å²) in [6, 6.07) is 11.7. The predicted molar refractivity (Wildman–Crippen MR) is 111 cm³/mol. The van der Waals surface area contributed by atoms with Crippen LogP contribution in [0, 0.1) is 0 Å². The predicted octanol–water partition coefficient (Wildman–Crippen LogP) is 1.17. The van der Waals surface area contributed by atoms with E-state index in [2.05, 4.69) is 7.05 Å². The first-order valence-electron chi connectivity index (χ1n) is 9.18. The number of thioether (sulfide) groups is 1. The Hall–Kier alpha value is -0.900.